The molecule has 0 aliphatic heterocycles. The highest BCUT2D eigenvalue weighted by atomic mass is 16.5. The van der Waals surface area contributed by atoms with Gasteiger partial charge in [0.1, 0.15) is 12.4 Å². The van der Waals surface area contributed by atoms with Gasteiger partial charge in [-0.3, -0.25) is 4.79 Å². The SMILES string of the molecule is CCNC(C)CC(=O)Nc1cccc(OCCOC)c1. The van der Waals surface area contributed by atoms with E-state index in [1.807, 2.05) is 38.1 Å². The third kappa shape index (κ3) is 6.54. The van der Waals surface area contributed by atoms with Gasteiger partial charge in [0.25, 0.3) is 0 Å². The largest absolute Gasteiger partial charge is 0.491 e. The fourth-order valence-electron chi connectivity index (χ4n) is 1.82. The highest BCUT2D eigenvalue weighted by Crippen LogP contribution is 2.17. The number of anilines is 1. The first-order valence-corrected chi connectivity index (χ1v) is 6.90. The summed E-state index contributed by atoms with van der Waals surface area (Å²) < 4.78 is 10.4. The molecule has 0 heterocycles. The van der Waals surface area contributed by atoms with E-state index in [9.17, 15) is 4.79 Å². The first-order chi connectivity index (χ1) is 9.65. The molecule has 0 aliphatic carbocycles. The molecule has 0 bridgehead atoms. The molecular weight excluding hydrogens is 256 g/mol. The van der Waals surface area contributed by atoms with Crippen LogP contribution in [-0.2, 0) is 9.53 Å². The second-order valence-corrected chi connectivity index (χ2v) is 4.58. The molecule has 0 aromatic heterocycles. The molecule has 5 heteroatoms. The van der Waals surface area contributed by atoms with Crippen LogP contribution < -0.4 is 15.4 Å². The second kappa shape index (κ2) is 9.34. The number of rotatable bonds is 9. The van der Waals surface area contributed by atoms with Crippen LogP contribution in [0.25, 0.3) is 0 Å². The van der Waals surface area contributed by atoms with E-state index < -0.39 is 0 Å². The molecule has 112 valence electrons. The third-order valence-electron chi connectivity index (χ3n) is 2.72. The van der Waals surface area contributed by atoms with Crippen LogP contribution in [0.1, 0.15) is 20.3 Å². The van der Waals surface area contributed by atoms with Gasteiger partial charge in [0.2, 0.25) is 5.91 Å². The summed E-state index contributed by atoms with van der Waals surface area (Å²) in [4.78, 5) is 11.9. The lowest BCUT2D eigenvalue weighted by Crippen LogP contribution is -2.30. The van der Waals surface area contributed by atoms with E-state index in [4.69, 9.17) is 9.47 Å². The number of carbonyl (C=O) groups excluding carboxylic acids is 1. The highest BCUT2D eigenvalue weighted by Gasteiger charge is 2.08. The number of hydrogen-bond donors (Lipinski definition) is 2. The molecule has 0 saturated heterocycles. The van der Waals surface area contributed by atoms with Crippen molar-refractivity contribution in [3.05, 3.63) is 24.3 Å². The molecule has 1 atom stereocenters. The van der Waals surface area contributed by atoms with Gasteiger partial charge in [0, 0.05) is 31.3 Å². The van der Waals surface area contributed by atoms with Crippen LogP contribution in [0, 0.1) is 0 Å². The monoisotopic (exact) mass is 280 g/mol. The molecule has 2 N–H and O–H groups in total. The van der Waals surface area contributed by atoms with Crippen molar-refractivity contribution < 1.29 is 14.3 Å². The Labute approximate surface area is 120 Å². The Hall–Kier alpha value is -1.59. The molecule has 1 rings (SSSR count). The summed E-state index contributed by atoms with van der Waals surface area (Å²) in [6, 6.07) is 7.53. The van der Waals surface area contributed by atoms with E-state index in [2.05, 4.69) is 10.6 Å². The van der Waals surface area contributed by atoms with E-state index in [1.165, 1.54) is 0 Å². The lowest BCUT2D eigenvalue weighted by Gasteiger charge is -2.13. The maximum absolute atomic E-state index is 11.9. The third-order valence-corrected chi connectivity index (χ3v) is 2.72. The molecule has 1 aromatic rings. The Balaban J connectivity index is 2.46. The fourth-order valence-corrected chi connectivity index (χ4v) is 1.82. The molecule has 0 aliphatic rings. The Kier molecular flexibility index (Phi) is 7.69. The van der Waals surface area contributed by atoms with Crippen molar-refractivity contribution in [1.29, 1.82) is 0 Å². The molecule has 0 fully saturated rings. The van der Waals surface area contributed by atoms with Gasteiger partial charge < -0.3 is 20.1 Å². The van der Waals surface area contributed by atoms with Crippen molar-refractivity contribution in [2.24, 2.45) is 0 Å². The molecule has 0 radical (unpaired) electrons. The quantitative estimate of drug-likeness (QED) is 0.680. The summed E-state index contributed by atoms with van der Waals surface area (Å²) in [6.07, 6.45) is 0.447. The highest BCUT2D eigenvalue weighted by molar-refractivity contribution is 5.91. The average molecular weight is 280 g/mol. The summed E-state index contributed by atoms with van der Waals surface area (Å²) in [7, 11) is 1.63. The van der Waals surface area contributed by atoms with Gasteiger partial charge in [-0.25, -0.2) is 0 Å². The van der Waals surface area contributed by atoms with Gasteiger partial charge in [-0.15, -0.1) is 0 Å². The number of carbonyl (C=O) groups is 1. The molecule has 1 unspecified atom stereocenters. The maximum Gasteiger partial charge on any atom is 0.225 e. The number of nitrogens with one attached hydrogen (secondary N) is 2. The summed E-state index contributed by atoms with van der Waals surface area (Å²) in [5.74, 6) is 0.715. The molecule has 0 saturated carbocycles. The standard InChI is InChI=1S/C15H24N2O3/c1-4-16-12(2)10-15(18)17-13-6-5-7-14(11-13)20-9-8-19-3/h5-7,11-12,16H,4,8-10H2,1-3H3,(H,17,18). The predicted molar refractivity (Wildman–Crippen MR) is 80.2 cm³/mol. The number of ether oxygens (including phenoxy) is 2. The van der Waals surface area contributed by atoms with Crippen molar-refractivity contribution in [2.75, 3.05) is 32.2 Å². The lowest BCUT2D eigenvalue weighted by molar-refractivity contribution is -0.116. The topological polar surface area (TPSA) is 59.6 Å². The zero-order chi connectivity index (χ0) is 14.8. The molecule has 1 aromatic carbocycles. The summed E-state index contributed by atoms with van der Waals surface area (Å²) in [6.45, 7) is 5.90. The van der Waals surface area contributed by atoms with Crippen LogP contribution in [-0.4, -0.2) is 38.8 Å². The van der Waals surface area contributed by atoms with E-state index in [0.717, 1.165) is 18.0 Å². The van der Waals surface area contributed by atoms with Crippen molar-refractivity contribution in [3.8, 4) is 5.75 Å². The normalized spacial score (nSPS) is 11.9. The zero-order valence-corrected chi connectivity index (χ0v) is 12.4. The first-order valence-electron chi connectivity index (χ1n) is 6.90. The minimum atomic E-state index is -0.00695. The molecule has 20 heavy (non-hydrogen) atoms. The number of methoxy groups -OCH3 is 1. The van der Waals surface area contributed by atoms with Gasteiger partial charge in [0.15, 0.2) is 0 Å². The van der Waals surface area contributed by atoms with Crippen LogP contribution >= 0.6 is 0 Å². The molecule has 0 spiro atoms. The fraction of sp³-hybridized carbons (Fsp3) is 0.533. The van der Waals surface area contributed by atoms with Crippen LogP contribution in [0.3, 0.4) is 0 Å². The van der Waals surface area contributed by atoms with Crippen molar-refractivity contribution in [1.82, 2.24) is 5.32 Å². The van der Waals surface area contributed by atoms with Gasteiger partial charge in [-0.05, 0) is 25.6 Å². The van der Waals surface area contributed by atoms with Crippen LogP contribution in [0.15, 0.2) is 24.3 Å². The maximum atomic E-state index is 11.9. The minimum absolute atomic E-state index is 0.00695. The number of amides is 1. The first kappa shape index (κ1) is 16.5. The molecular formula is C15H24N2O3. The van der Waals surface area contributed by atoms with Gasteiger partial charge in [0.05, 0.1) is 6.61 Å². The van der Waals surface area contributed by atoms with E-state index in [1.54, 1.807) is 7.11 Å². The zero-order valence-electron chi connectivity index (χ0n) is 12.4. The molecule has 5 nitrogen and oxygen atoms in total. The Morgan fingerprint density at radius 1 is 1.35 bits per heavy atom. The van der Waals surface area contributed by atoms with E-state index >= 15 is 0 Å². The van der Waals surface area contributed by atoms with Crippen molar-refractivity contribution >= 4 is 11.6 Å². The van der Waals surface area contributed by atoms with Gasteiger partial charge in [-0.1, -0.05) is 13.0 Å². The predicted octanol–water partition coefficient (Wildman–Crippen LogP) is 2.04. The average Bonchev–Trinajstić information content (AvgIpc) is 2.39. The minimum Gasteiger partial charge on any atom is -0.491 e. The van der Waals surface area contributed by atoms with Crippen LogP contribution in [0.4, 0.5) is 5.69 Å². The van der Waals surface area contributed by atoms with Crippen LogP contribution in [0.2, 0.25) is 0 Å². The molecule has 1 amide bonds. The summed E-state index contributed by atoms with van der Waals surface area (Å²) >= 11 is 0. The Morgan fingerprint density at radius 2 is 2.15 bits per heavy atom. The van der Waals surface area contributed by atoms with Crippen molar-refractivity contribution in [3.63, 3.8) is 0 Å². The Bertz CT molecular complexity index is 410. The van der Waals surface area contributed by atoms with Gasteiger partial charge >= 0.3 is 0 Å². The second-order valence-electron chi connectivity index (χ2n) is 4.58. The van der Waals surface area contributed by atoms with E-state index in [-0.39, 0.29) is 11.9 Å². The Morgan fingerprint density at radius 3 is 2.85 bits per heavy atom. The number of hydrogen-bond acceptors (Lipinski definition) is 4. The van der Waals surface area contributed by atoms with E-state index in [0.29, 0.717) is 19.6 Å². The summed E-state index contributed by atoms with van der Waals surface area (Å²) in [5.41, 5.74) is 0.744. The van der Waals surface area contributed by atoms with Gasteiger partial charge in [-0.2, -0.15) is 0 Å². The van der Waals surface area contributed by atoms with Crippen LogP contribution in [0.5, 0.6) is 5.75 Å². The summed E-state index contributed by atoms with van der Waals surface area (Å²) in [5, 5.41) is 6.08. The van der Waals surface area contributed by atoms with Crippen molar-refractivity contribution in [2.45, 2.75) is 26.3 Å². The smallest absolute Gasteiger partial charge is 0.225 e. The number of benzene rings is 1. The lowest BCUT2D eigenvalue weighted by atomic mass is 10.2.